The number of fused-ring (bicyclic) bond motifs is 1. The summed E-state index contributed by atoms with van der Waals surface area (Å²) in [6.07, 6.45) is 1.53. The summed E-state index contributed by atoms with van der Waals surface area (Å²) in [4.78, 5) is 11.8. The van der Waals surface area contributed by atoms with Crippen molar-refractivity contribution in [1.82, 2.24) is 9.89 Å². The van der Waals surface area contributed by atoms with E-state index in [-0.39, 0.29) is 5.56 Å². The molecule has 5 heteroatoms. The molecular formula is C8H7N3O2. The van der Waals surface area contributed by atoms with Crippen molar-refractivity contribution in [2.75, 3.05) is 5.84 Å². The summed E-state index contributed by atoms with van der Waals surface area (Å²) in [6, 6.07) is 4.66. The number of aromatic nitrogens is 2. The van der Waals surface area contributed by atoms with Gasteiger partial charge < -0.3 is 10.9 Å². The summed E-state index contributed by atoms with van der Waals surface area (Å²) in [6.45, 7) is 0. The van der Waals surface area contributed by atoms with Crippen LogP contribution >= 0.6 is 0 Å². The molecule has 0 unspecified atom stereocenters. The number of nitrogen functional groups attached to an aromatic ring is 1. The molecule has 1 heterocycles. The second kappa shape index (κ2) is 2.48. The molecule has 0 aliphatic rings. The van der Waals surface area contributed by atoms with E-state index in [1.807, 2.05) is 0 Å². The maximum atomic E-state index is 10.6. The van der Waals surface area contributed by atoms with Gasteiger partial charge in [0.2, 0.25) is 0 Å². The van der Waals surface area contributed by atoms with Crippen LogP contribution in [0.4, 0.5) is 0 Å². The molecule has 1 aromatic heterocycles. The summed E-state index contributed by atoms with van der Waals surface area (Å²) in [5, 5.41) is 13.2. The molecular weight excluding hydrogens is 170 g/mol. The van der Waals surface area contributed by atoms with Crippen molar-refractivity contribution in [3.8, 4) is 0 Å². The molecule has 13 heavy (non-hydrogen) atoms. The third-order valence-electron chi connectivity index (χ3n) is 1.84. The highest BCUT2D eigenvalue weighted by molar-refractivity contribution is 5.93. The predicted molar refractivity (Wildman–Crippen MR) is 46.8 cm³/mol. The number of carboxylic acids is 1. The van der Waals surface area contributed by atoms with E-state index in [1.165, 1.54) is 23.1 Å². The van der Waals surface area contributed by atoms with Gasteiger partial charge in [-0.2, -0.15) is 9.89 Å². The maximum absolute atomic E-state index is 10.6. The third-order valence-corrected chi connectivity index (χ3v) is 1.84. The Morgan fingerprint density at radius 2 is 2.31 bits per heavy atom. The first-order valence-electron chi connectivity index (χ1n) is 3.64. The van der Waals surface area contributed by atoms with Crippen molar-refractivity contribution in [1.29, 1.82) is 0 Å². The van der Waals surface area contributed by atoms with Crippen LogP contribution in [0.15, 0.2) is 24.4 Å². The molecule has 0 saturated heterocycles. The number of benzene rings is 1. The van der Waals surface area contributed by atoms with Crippen LogP contribution in [0.2, 0.25) is 0 Å². The average molecular weight is 177 g/mol. The molecule has 66 valence electrons. The number of rotatable bonds is 1. The number of hydrogen-bond acceptors (Lipinski definition) is 3. The van der Waals surface area contributed by atoms with Crippen LogP contribution in [0, 0.1) is 0 Å². The first-order valence-corrected chi connectivity index (χ1v) is 3.64. The zero-order chi connectivity index (χ0) is 9.42. The van der Waals surface area contributed by atoms with E-state index in [1.54, 1.807) is 6.07 Å². The number of carboxylic acid groups (broad SMARTS) is 1. The van der Waals surface area contributed by atoms with E-state index in [4.69, 9.17) is 10.9 Å². The van der Waals surface area contributed by atoms with Crippen LogP contribution in [0.1, 0.15) is 10.4 Å². The third kappa shape index (κ3) is 1.10. The van der Waals surface area contributed by atoms with Crippen LogP contribution < -0.4 is 5.84 Å². The fourth-order valence-electron chi connectivity index (χ4n) is 1.19. The Morgan fingerprint density at radius 3 is 3.00 bits per heavy atom. The van der Waals surface area contributed by atoms with Gasteiger partial charge in [0.05, 0.1) is 17.3 Å². The normalized spacial score (nSPS) is 10.5. The molecule has 0 amide bonds. The Labute approximate surface area is 73.4 Å². The highest BCUT2D eigenvalue weighted by atomic mass is 16.4. The molecule has 0 aliphatic carbocycles. The SMILES string of the molecule is Nn1ncc2cc(C(=O)O)ccc21. The number of hydrogen-bond donors (Lipinski definition) is 2. The van der Waals surface area contributed by atoms with Gasteiger partial charge in [-0.3, -0.25) is 0 Å². The van der Waals surface area contributed by atoms with E-state index in [0.29, 0.717) is 5.52 Å². The number of aromatic carboxylic acids is 1. The highest BCUT2D eigenvalue weighted by Gasteiger charge is 2.05. The van der Waals surface area contributed by atoms with Crippen molar-refractivity contribution in [2.24, 2.45) is 0 Å². The average Bonchev–Trinajstić information content (AvgIpc) is 2.47. The molecule has 0 fully saturated rings. The zero-order valence-corrected chi connectivity index (χ0v) is 6.64. The smallest absolute Gasteiger partial charge is 0.335 e. The quantitative estimate of drug-likeness (QED) is 0.619. The van der Waals surface area contributed by atoms with Crippen LogP contribution in [-0.4, -0.2) is 21.0 Å². The lowest BCUT2D eigenvalue weighted by Gasteiger charge is -1.95. The van der Waals surface area contributed by atoms with E-state index >= 15 is 0 Å². The summed E-state index contributed by atoms with van der Waals surface area (Å²) < 4.78 is 0. The summed E-state index contributed by atoms with van der Waals surface area (Å²) in [7, 11) is 0. The van der Waals surface area contributed by atoms with Gasteiger partial charge in [-0.05, 0) is 18.2 Å². The van der Waals surface area contributed by atoms with Crippen molar-refractivity contribution in [3.63, 3.8) is 0 Å². The van der Waals surface area contributed by atoms with Gasteiger partial charge in [-0.15, -0.1) is 0 Å². The molecule has 0 radical (unpaired) electrons. The van der Waals surface area contributed by atoms with Crippen molar-refractivity contribution in [2.45, 2.75) is 0 Å². The van der Waals surface area contributed by atoms with Crippen LogP contribution in [0.3, 0.4) is 0 Å². The summed E-state index contributed by atoms with van der Waals surface area (Å²) in [5.74, 6) is 4.51. The molecule has 2 rings (SSSR count). The molecule has 0 bridgehead atoms. The number of nitrogens with two attached hydrogens (primary N) is 1. The lowest BCUT2D eigenvalue weighted by Crippen LogP contribution is -2.08. The van der Waals surface area contributed by atoms with Gasteiger partial charge in [0.25, 0.3) is 0 Å². The van der Waals surface area contributed by atoms with Crippen LogP contribution in [-0.2, 0) is 0 Å². The Balaban J connectivity index is 2.70. The van der Waals surface area contributed by atoms with Gasteiger partial charge in [-0.1, -0.05) is 0 Å². The molecule has 5 nitrogen and oxygen atoms in total. The molecule has 0 aliphatic heterocycles. The molecule has 2 aromatic rings. The standard InChI is InChI=1S/C8H7N3O2/c9-11-7-2-1-5(8(12)13)3-6(7)4-10-11/h1-4H,9H2,(H,12,13). The Bertz CT molecular complexity index is 475. The van der Waals surface area contributed by atoms with E-state index in [2.05, 4.69) is 5.10 Å². The minimum atomic E-state index is -0.952. The lowest BCUT2D eigenvalue weighted by molar-refractivity contribution is 0.0697. The van der Waals surface area contributed by atoms with Gasteiger partial charge in [0, 0.05) is 5.39 Å². The topological polar surface area (TPSA) is 81.1 Å². The fourth-order valence-corrected chi connectivity index (χ4v) is 1.19. The molecule has 0 spiro atoms. The first-order chi connectivity index (χ1) is 6.18. The fraction of sp³-hybridized carbons (Fsp3) is 0. The molecule has 1 aromatic carbocycles. The van der Waals surface area contributed by atoms with Crippen molar-refractivity contribution >= 4 is 16.9 Å². The molecule has 0 atom stereocenters. The second-order valence-electron chi connectivity index (χ2n) is 2.67. The minimum Gasteiger partial charge on any atom is -0.478 e. The van der Waals surface area contributed by atoms with Gasteiger partial charge in [0.15, 0.2) is 0 Å². The molecule has 0 saturated carbocycles. The van der Waals surface area contributed by atoms with Crippen molar-refractivity contribution < 1.29 is 9.90 Å². The molecule has 3 N–H and O–H groups in total. The van der Waals surface area contributed by atoms with Gasteiger partial charge in [-0.25, -0.2) is 4.79 Å². The minimum absolute atomic E-state index is 0.237. The van der Waals surface area contributed by atoms with E-state index < -0.39 is 5.97 Å². The second-order valence-corrected chi connectivity index (χ2v) is 2.67. The Hall–Kier alpha value is -2.04. The van der Waals surface area contributed by atoms with Gasteiger partial charge >= 0.3 is 5.97 Å². The van der Waals surface area contributed by atoms with Gasteiger partial charge in [0.1, 0.15) is 0 Å². The first kappa shape index (κ1) is 7.60. The number of carbonyl (C=O) groups is 1. The Kier molecular flexibility index (Phi) is 1.45. The van der Waals surface area contributed by atoms with Crippen molar-refractivity contribution in [3.05, 3.63) is 30.0 Å². The van der Waals surface area contributed by atoms with E-state index in [0.717, 1.165) is 5.39 Å². The largest absolute Gasteiger partial charge is 0.478 e. The summed E-state index contributed by atoms with van der Waals surface area (Å²) >= 11 is 0. The zero-order valence-electron chi connectivity index (χ0n) is 6.64. The van der Waals surface area contributed by atoms with E-state index in [9.17, 15) is 4.79 Å². The van der Waals surface area contributed by atoms with Crippen LogP contribution in [0.5, 0.6) is 0 Å². The Morgan fingerprint density at radius 1 is 1.54 bits per heavy atom. The monoisotopic (exact) mass is 177 g/mol. The lowest BCUT2D eigenvalue weighted by atomic mass is 10.2. The van der Waals surface area contributed by atoms with Crippen LogP contribution in [0.25, 0.3) is 10.9 Å². The maximum Gasteiger partial charge on any atom is 0.335 e. The number of nitrogens with zero attached hydrogens (tertiary/aromatic N) is 2. The highest BCUT2D eigenvalue weighted by Crippen LogP contribution is 2.13. The summed E-state index contributed by atoms with van der Waals surface area (Å²) in [5.41, 5.74) is 0.950. The predicted octanol–water partition coefficient (Wildman–Crippen LogP) is 0.448.